The molecule has 5 aliphatic rings. The largest absolute Gasteiger partial charge is 0.469 e. The molecule has 5 aliphatic carbocycles. The Hall–Kier alpha value is -1.89. The number of allylic oxidation sites excluding steroid dienone is 3. The number of hydrogen-bond acceptors (Lipinski definition) is 6. The fourth-order valence-corrected chi connectivity index (χ4v) is 10.7. The number of fused-ring (bicyclic) bond motifs is 7. The van der Waals surface area contributed by atoms with E-state index in [0.717, 1.165) is 50.5 Å². The van der Waals surface area contributed by atoms with Gasteiger partial charge in [-0.25, -0.2) is 0 Å². The summed E-state index contributed by atoms with van der Waals surface area (Å²) in [6.07, 6.45) is 11.3. The summed E-state index contributed by atoms with van der Waals surface area (Å²) >= 11 is 1.19. The number of Topliss-reactive ketones (excluding diaryl/α,β-unsaturated/α-hetero) is 1. The number of carbonyl (C=O) groups excluding carboxylic acids is 4. The summed E-state index contributed by atoms with van der Waals surface area (Å²) in [5, 5.41) is 0. The highest BCUT2D eigenvalue weighted by molar-refractivity contribution is 7.97. The van der Waals surface area contributed by atoms with Crippen LogP contribution >= 0.6 is 11.9 Å². The van der Waals surface area contributed by atoms with E-state index in [1.165, 1.54) is 19.1 Å². The van der Waals surface area contributed by atoms with Gasteiger partial charge in [0.05, 0.1) is 18.1 Å². The number of methoxy groups -OCH3 is 1. The van der Waals surface area contributed by atoms with Crippen LogP contribution in [0.2, 0.25) is 0 Å². The van der Waals surface area contributed by atoms with Gasteiger partial charge in [-0.05, 0) is 79.1 Å². The molecule has 3 saturated carbocycles. The minimum absolute atomic E-state index is 0.0167. The van der Waals surface area contributed by atoms with E-state index in [1.807, 2.05) is 26.0 Å². The molecule has 0 saturated heterocycles. The molecule has 0 radical (unpaired) electrons. The molecule has 7 heteroatoms. The highest BCUT2D eigenvalue weighted by Gasteiger charge is 2.71. The third-order valence-corrected chi connectivity index (χ3v) is 13.2. The Morgan fingerprint density at radius 2 is 1.62 bits per heavy atom. The van der Waals surface area contributed by atoms with Crippen molar-refractivity contribution in [2.45, 2.75) is 93.4 Å². The lowest BCUT2D eigenvalue weighted by molar-refractivity contribution is -0.191. The molecule has 0 heterocycles. The summed E-state index contributed by atoms with van der Waals surface area (Å²) in [6, 6.07) is 0. The van der Waals surface area contributed by atoms with Gasteiger partial charge in [0.1, 0.15) is 0 Å². The van der Waals surface area contributed by atoms with Gasteiger partial charge in [0, 0.05) is 23.0 Å². The third-order valence-electron chi connectivity index (χ3n) is 12.8. The van der Waals surface area contributed by atoms with Gasteiger partial charge < -0.3 is 4.74 Å². The zero-order chi connectivity index (χ0) is 29.7. The van der Waals surface area contributed by atoms with Crippen LogP contribution in [0.3, 0.4) is 0 Å². The number of nitrogens with one attached hydrogen (secondary N) is 1. The van der Waals surface area contributed by atoms with Gasteiger partial charge in [-0.15, -0.1) is 0 Å². The maximum atomic E-state index is 14.5. The van der Waals surface area contributed by atoms with Crippen molar-refractivity contribution in [1.29, 1.82) is 0 Å². The molecule has 0 spiro atoms. The summed E-state index contributed by atoms with van der Waals surface area (Å²) in [6.45, 7) is 15.2. The van der Waals surface area contributed by atoms with Crippen molar-refractivity contribution in [1.82, 2.24) is 4.72 Å². The number of ether oxygens (including phenoxy) is 1. The average molecular weight is 570 g/mol. The van der Waals surface area contributed by atoms with E-state index >= 15 is 0 Å². The summed E-state index contributed by atoms with van der Waals surface area (Å²) in [5.41, 5.74) is -1.31. The van der Waals surface area contributed by atoms with E-state index in [2.05, 4.69) is 39.3 Å². The van der Waals surface area contributed by atoms with E-state index in [4.69, 9.17) is 4.74 Å². The van der Waals surface area contributed by atoms with Crippen LogP contribution in [0.5, 0.6) is 0 Å². The second-order valence-electron chi connectivity index (χ2n) is 15.4. The normalized spacial score (nSPS) is 43.2. The van der Waals surface area contributed by atoms with Crippen LogP contribution in [0.25, 0.3) is 0 Å². The number of rotatable bonds is 3. The van der Waals surface area contributed by atoms with Crippen molar-refractivity contribution < 1.29 is 23.9 Å². The number of ketones is 2. The first-order chi connectivity index (χ1) is 18.4. The van der Waals surface area contributed by atoms with Gasteiger partial charge in [0.15, 0.2) is 11.6 Å². The molecule has 220 valence electrons. The molecule has 0 aromatic rings. The lowest BCUT2D eigenvalue weighted by atomic mass is 9.34. The van der Waals surface area contributed by atoms with E-state index < -0.39 is 16.2 Å². The fraction of sp³-hybridized carbons (Fsp3) is 0.758. The zero-order valence-corrected chi connectivity index (χ0v) is 26.6. The second-order valence-corrected chi connectivity index (χ2v) is 16.0. The highest BCUT2D eigenvalue weighted by atomic mass is 32.2. The summed E-state index contributed by atoms with van der Waals surface area (Å²) in [5.74, 6) is -0.898. The molecule has 40 heavy (non-hydrogen) atoms. The predicted octanol–water partition coefficient (Wildman–Crippen LogP) is 6.25. The molecule has 6 nitrogen and oxygen atoms in total. The maximum Gasteiger partial charge on any atom is 0.312 e. The smallest absolute Gasteiger partial charge is 0.312 e. The van der Waals surface area contributed by atoms with Gasteiger partial charge in [-0.2, -0.15) is 0 Å². The van der Waals surface area contributed by atoms with Crippen molar-refractivity contribution in [3.8, 4) is 0 Å². The predicted molar refractivity (Wildman–Crippen MR) is 157 cm³/mol. The summed E-state index contributed by atoms with van der Waals surface area (Å²) in [4.78, 5) is 54.7. The van der Waals surface area contributed by atoms with Gasteiger partial charge in [0.25, 0.3) is 5.91 Å². The number of hydrogen-bond donors (Lipinski definition) is 1. The molecule has 0 bridgehead atoms. The van der Waals surface area contributed by atoms with Crippen LogP contribution in [-0.4, -0.2) is 36.8 Å². The molecular weight excluding hydrogens is 522 g/mol. The Labute approximate surface area is 244 Å². The highest BCUT2D eigenvalue weighted by Crippen LogP contribution is 2.74. The molecule has 0 aliphatic heterocycles. The summed E-state index contributed by atoms with van der Waals surface area (Å²) < 4.78 is 8.18. The van der Waals surface area contributed by atoms with Crippen molar-refractivity contribution >= 4 is 35.4 Å². The van der Waals surface area contributed by atoms with Crippen LogP contribution in [0.15, 0.2) is 23.3 Å². The Kier molecular flexibility index (Phi) is 6.70. The molecule has 5 rings (SSSR count). The minimum Gasteiger partial charge on any atom is -0.469 e. The Morgan fingerprint density at radius 1 is 0.975 bits per heavy atom. The van der Waals surface area contributed by atoms with E-state index in [-0.39, 0.29) is 63.0 Å². The van der Waals surface area contributed by atoms with E-state index in [0.29, 0.717) is 0 Å². The number of carbonyl (C=O) groups is 4. The first kappa shape index (κ1) is 29.6. The van der Waals surface area contributed by atoms with Crippen molar-refractivity contribution in [2.75, 3.05) is 13.4 Å². The SMILES string of the molecule is COC(=O)[C@]12CCC(C)(C)CC1C1C(=O)C=C3[C@@]4(C)C=C(C(=O)NSC)C(=O)C(C)(C)[C@@H]4CC[C@@]3(C)[C@]1(C)CC2. The van der Waals surface area contributed by atoms with Crippen molar-refractivity contribution in [3.05, 3.63) is 23.3 Å². The van der Waals surface area contributed by atoms with Crippen LogP contribution in [0, 0.1) is 50.2 Å². The molecule has 7 atom stereocenters. The van der Waals surface area contributed by atoms with Gasteiger partial charge in [-0.3, -0.25) is 23.9 Å². The second kappa shape index (κ2) is 9.05. The third kappa shape index (κ3) is 3.67. The Bertz CT molecular complexity index is 1250. The van der Waals surface area contributed by atoms with Crippen molar-refractivity contribution in [2.24, 2.45) is 50.2 Å². The quantitative estimate of drug-likeness (QED) is 0.246. The minimum atomic E-state index is -0.739. The molecule has 0 aromatic heterocycles. The van der Waals surface area contributed by atoms with Crippen molar-refractivity contribution in [3.63, 3.8) is 0 Å². The Morgan fingerprint density at radius 3 is 2.25 bits per heavy atom. The molecular formula is C33H47NO5S. The topological polar surface area (TPSA) is 89.5 Å². The molecule has 1 amide bonds. The van der Waals surface area contributed by atoms with E-state index in [9.17, 15) is 19.2 Å². The zero-order valence-electron chi connectivity index (χ0n) is 25.8. The van der Waals surface area contributed by atoms with Crippen LogP contribution < -0.4 is 4.72 Å². The van der Waals surface area contributed by atoms with E-state index in [1.54, 1.807) is 6.26 Å². The van der Waals surface area contributed by atoms with Crippen LogP contribution in [0.1, 0.15) is 93.4 Å². The maximum absolute atomic E-state index is 14.5. The standard InChI is InChI=1S/C33H47NO5S/c1-28(2)12-14-33(27(38)39-8)15-13-32(7)24(20(33)18-28)21(35)16-23-30(5)17-19(26(37)34-40-9)25(36)29(3,4)22(30)10-11-31(23,32)6/h16-17,20,22,24H,10-15,18H2,1-9H3,(H,34,37)/t20?,22-,24?,30-,31+,32+,33-/m0/s1. The monoisotopic (exact) mass is 569 g/mol. The van der Waals surface area contributed by atoms with Gasteiger partial charge >= 0.3 is 5.97 Å². The summed E-state index contributed by atoms with van der Waals surface area (Å²) in [7, 11) is 1.48. The first-order valence-corrected chi connectivity index (χ1v) is 16.1. The van der Waals surface area contributed by atoms with Crippen LogP contribution in [0.4, 0.5) is 0 Å². The van der Waals surface area contributed by atoms with Gasteiger partial charge in [-0.1, -0.05) is 72.1 Å². The molecule has 1 N–H and O–H groups in total. The Balaban J connectivity index is 1.69. The first-order valence-electron chi connectivity index (χ1n) is 14.9. The van der Waals surface area contributed by atoms with Crippen LogP contribution in [-0.2, 0) is 23.9 Å². The fourth-order valence-electron chi connectivity index (χ4n) is 10.4. The average Bonchev–Trinajstić information content (AvgIpc) is 2.87. The number of esters is 1. The number of amides is 1. The van der Waals surface area contributed by atoms with Gasteiger partial charge in [0.2, 0.25) is 0 Å². The molecule has 3 fully saturated rings. The lowest BCUT2D eigenvalue weighted by Crippen LogP contribution is -2.66. The molecule has 2 unspecified atom stereocenters. The lowest BCUT2D eigenvalue weighted by Gasteiger charge is -2.68. The molecule has 0 aromatic carbocycles.